The van der Waals surface area contributed by atoms with Gasteiger partial charge >= 0.3 is 12.2 Å². The number of carbonyl (C=O) groups excluding carboxylic acids is 2. The van der Waals surface area contributed by atoms with E-state index in [0.717, 1.165) is 117 Å². The van der Waals surface area contributed by atoms with E-state index >= 15 is 0 Å². The monoisotopic (exact) mass is 959 g/mol. The Hall–Kier alpha value is -5.16. The largest absolute Gasteiger partial charge is 0.447 e. The number of unbranched alkanes of at least 4 members (excludes halogenated alkanes) is 2. The molecule has 6 atom stereocenters. The van der Waals surface area contributed by atoms with Gasteiger partial charge in [-0.2, -0.15) is 0 Å². The highest BCUT2D eigenvalue weighted by atomic mass is 16.6. The zero-order valence-corrected chi connectivity index (χ0v) is 39.0. The van der Waals surface area contributed by atoms with Crippen molar-refractivity contribution in [2.45, 2.75) is 101 Å². The highest BCUT2D eigenvalue weighted by molar-refractivity contribution is 5.81. The maximum Gasteiger partial charge on any atom is 0.407 e. The summed E-state index contributed by atoms with van der Waals surface area (Å²) in [7, 11) is 0. The molecule has 380 valence electrons. The molecule has 2 amide bonds. The third-order valence-corrected chi connectivity index (χ3v) is 11.2. The Kier molecular flexibility index (Phi) is 24.0. The Morgan fingerprint density at radius 2 is 1.07 bits per heavy atom. The minimum absolute atomic E-state index is 0.0508. The lowest BCUT2D eigenvalue weighted by atomic mass is 10.2. The molecule has 0 aliphatic carbocycles. The molecule has 6 unspecified atom stereocenters. The summed E-state index contributed by atoms with van der Waals surface area (Å²) in [6.07, 6.45) is 9.85. The first-order valence-corrected chi connectivity index (χ1v) is 23.8. The van der Waals surface area contributed by atoms with Gasteiger partial charge in [-0.3, -0.25) is 9.13 Å². The van der Waals surface area contributed by atoms with Gasteiger partial charge in [0.05, 0.1) is 25.4 Å². The fraction of sp³-hybridized carbons (Fsp3) is 0.714. The molecule has 2 aliphatic rings. The maximum absolute atomic E-state index is 12.2. The van der Waals surface area contributed by atoms with Gasteiger partial charge in [-0.25, -0.2) is 39.5 Å². The van der Waals surface area contributed by atoms with Crippen LogP contribution in [0.2, 0.25) is 0 Å². The van der Waals surface area contributed by atoms with Crippen LogP contribution in [0.4, 0.5) is 21.2 Å². The van der Waals surface area contributed by atoms with E-state index in [1.54, 1.807) is 21.8 Å². The fourth-order valence-electron chi connectivity index (χ4n) is 7.51. The van der Waals surface area contributed by atoms with E-state index in [-0.39, 0.29) is 24.8 Å². The second-order valence-electron chi connectivity index (χ2n) is 16.4. The Morgan fingerprint density at radius 3 is 1.57 bits per heavy atom. The van der Waals surface area contributed by atoms with Gasteiger partial charge in [0.25, 0.3) is 0 Å². The van der Waals surface area contributed by atoms with Gasteiger partial charge < -0.3 is 84.0 Å². The highest BCUT2D eigenvalue weighted by Gasteiger charge is 2.40. The lowest BCUT2D eigenvalue weighted by molar-refractivity contribution is -0.0464. The molecule has 16 N–H and O–H groups in total. The number of imidazole rings is 2. The number of aliphatic hydroxyl groups excluding tert-OH is 2. The molecule has 4 aromatic rings. The molecule has 6 rings (SSSR count). The van der Waals surface area contributed by atoms with Crippen LogP contribution in [-0.2, 0) is 18.9 Å². The number of nitrogen functional groups attached to an aromatic ring is 2. The predicted molar refractivity (Wildman–Crippen MR) is 254 cm³/mol. The molecule has 2 aliphatic heterocycles. The number of hydrogen-bond acceptors (Lipinski definition) is 22. The topological polar surface area (TPSA) is 375 Å². The molecule has 26 heteroatoms. The van der Waals surface area contributed by atoms with E-state index in [1.165, 1.54) is 12.7 Å². The number of nitrogens with two attached hydrogens (primary N) is 4. The van der Waals surface area contributed by atoms with Crippen LogP contribution >= 0.6 is 0 Å². The number of rotatable bonds is 30. The predicted octanol–water partition coefficient (Wildman–Crippen LogP) is -1.04. The first-order chi connectivity index (χ1) is 33.2. The number of fused-ring (bicyclic) bond motifs is 2. The summed E-state index contributed by atoms with van der Waals surface area (Å²) >= 11 is 0. The van der Waals surface area contributed by atoms with Crippen molar-refractivity contribution in [3.63, 3.8) is 0 Å². The second-order valence-corrected chi connectivity index (χ2v) is 16.4. The van der Waals surface area contributed by atoms with Crippen LogP contribution in [0.3, 0.4) is 0 Å². The second kappa shape index (κ2) is 30.4. The van der Waals surface area contributed by atoms with Crippen LogP contribution < -0.4 is 54.8 Å². The molecule has 0 saturated carbocycles. The van der Waals surface area contributed by atoms with Gasteiger partial charge in [0.2, 0.25) is 0 Å². The van der Waals surface area contributed by atoms with E-state index < -0.39 is 49.1 Å². The fourth-order valence-corrected chi connectivity index (χ4v) is 7.51. The third-order valence-electron chi connectivity index (χ3n) is 11.2. The molecule has 0 radical (unpaired) electrons. The van der Waals surface area contributed by atoms with E-state index in [9.17, 15) is 19.8 Å². The molecule has 0 spiro atoms. The van der Waals surface area contributed by atoms with E-state index in [1.807, 2.05) is 0 Å². The molecule has 26 nitrogen and oxygen atoms in total. The van der Waals surface area contributed by atoms with Gasteiger partial charge in [0.1, 0.15) is 61.1 Å². The zero-order valence-electron chi connectivity index (χ0n) is 39.0. The number of hydrogen-bond donors (Lipinski definition) is 12. The average molecular weight is 959 g/mol. The first kappa shape index (κ1) is 53.8. The Morgan fingerprint density at radius 1 is 0.618 bits per heavy atom. The van der Waals surface area contributed by atoms with Crippen molar-refractivity contribution >= 4 is 46.1 Å². The number of aromatic nitrogens is 8. The lowest BCUT2D eigenvalue weighted by Crippen LogP contribution is -2.35. The molecule has 2 saturated heterocycles. The van der Waals surface area contributed by atoms with Crippen molar-refractivity contribution < 1.29 is 38.7 Å². The first-order valence-electron chi connectivity index (χ1n) is 23.8. The molecule has 0 aromatic carbocycles. The summed E-state index contributed by atoms with van der Waals surface area (Å²) < 4.78 is 25.9. The van der Waals surface area contributed by atoms with Crippen LogP contribution in [0, 0.1) is 0 Å². The van der Waals surface area contributed by atoms with Crippen molar-refractivity contribution in [2.75, 3.05) is 103 Å². The van der Waals surface area contributed by atoms with Crippen molar-refractivity contribution in [3.8, 4) is 0 Å². The highest BCUT2D eigenvalue weighted by Crippen LogP contribution is 2.33. The number of nitrogens with zero attached hydrogens (tertiary/aromatic N) is 8. The molecule has 0 bridgehead atoms. The average Bonchev–Trinajstić information content (AvgIpc) is 4.15. The number of amides is 2. The third kappa shape index (κ3) is 17.4. The summed E-state index contributed by atoms with van der Waals surface area (Å²) in [5.41, 5.74) is 24.6. The lowest BCUT2D eigenvalue weighted by Gasteiger charge is -2.17. The minimum atomic E-state index is -0.783. The van der Waals surface area contributed by atoms with Crippen LogP contribution in [-0.4, -0.2) is 178 Å². The molecule has 4 aromatic heterocycles. The van der Waals surface area contributed by atoms with Gasteiger partial charge in [-0.15, -0.1) is 0 Å². The van der Waals surface area contributed by atoms with Gasteiger partial charge in [-0.05, 0) is 117 Å². The molecular weight excluding hydrogens is 885 g/mol. The molecule has 2 fully saturated rings. The summed E-state index contributed by atoms with van der Waals surface area (Å²) in [5, 5.41) is 38.9. The Bertz CT molecular complexity index is 2050. The smallest absolute Gasteiger partial charge is 0.407 e. The number of carbonyl (C=O) groups is 2. The Balaban J connectivity index is 0.000000254. The van der Waals surface area contributed by atoms with Crippen molar-refractivity contribution in [1.82, 2.24) is 70.9 Å². The standard InChI is InChI=1S/2C21H37N9O4/c22-5-3-8-24-6-1-2-7-25-9-4-10-26-21(32)33-12-16-15(31)11-17(34-16)30-14-29-18-19(23)27-13-28-20(18)30;22-5-3-8-24-6-1-2-7-25-9-4-10-26-21(32)34-15-11-17(33-16(15)12-31)30-14-29-18-19(23)27-13-28-20(18)30/h2*13-17,24-25,31H,1-12,22H2,(H,26,32)(H2,23,27,28). The number of anilines is 2. The summed E-state index contributed by atoms with van der Waals surface area (Å²) in [6.45, 7) is 9.63. The van der Waals surface area contributed by atoms with Crippen molar-refractivity contribution in [3.05, 3.63) is 25.3 Å². The zero-order chi connectivity index (χ0) is 48.4. The van der Waals surface area contributed by atoms with Gasteiger partial charge in [0, 0.05) is 25.9 Å². The van der Waals surface area contributed by atoms with E-state index in [0.29, 0.717) is 48.3 Å². The van der Waals surface area contributed by atoms with Crippen molar-refractivity contribution in [2.24, 2.45) is 11.5 Å². The maximum atomic E-state index is 12.2. The summed E-state index contributed by atoms with van der Waals surface area (Å²) in [5.74, 6) is 0.554. The van der Waals surface area contributed by atoms with Gasteiger partial charge in [0.15, 0.2) is 22.9 Å². The molecule has 68 heavy (non-hydrogen) atoms. The molecular formula is C42H74N18O8. The summed E-state index contributed by atoms with van der Waals surface area (Å²) in [4.78, 5) is 48.9. The van der Waals surface area contributed by atoms with Crippen LogP contribution in [0.1, 0.15) is 76.7 Å². The number of nitrogens with one attached hydrogen (secondary N) is 6. The normalized spacial score (nSPS) is 20.1. The van der Waals surface area contributed by atoms with Crippen molar-refractivity contribution in [1.29, 1.82) is 0 Å². The number of alkyl carbamates (subject to hydrolysis) is 2. The van der Waals surface area contributed by atoms with Crippen LogP contribution in [0.25, 0.3) is 22.3 Å². The van der Waals surface area contributed by atoms with E-state index in [2.05, 4.69) is 61.8 Å². The number of aliphatic hydroxyl groups is 2. The molecule has 6 heterocycles. The van der Waals surface area contributed by atoms with E-state index in [4.69, 9.17) is 41.9 Å². The Labute approximate surface area is 396 Å². The minimum Gasteiger partial charge on any atom is -0.447 e. The van der Waals surface area contributed by atoms with Crippen LogP contribution in [0.5, 0.6) is 0 Å². The quantitative estimate of drug-likeness (QED) is 0.0278. The summed E-state index contributed by atoms with van der Waals surface area (Å²) in [6, 6.07) is 0. The number of ether oxygens (including phenoxy) is 4. The van der Waals surface area contributed by atoms with Crippen LogP contribution in [0.15, 0.2) is 25.3 Å². The van der Waals surface area contributed by atoms with Gasteiger partial charge in [-0.1, -0.05) is 0 Å². The SMILES string of the molecule is NCCCNCCCCNCCCNC(=O)OC1CC(n2cnc3c(N)ncnc32)OC1CO.NCCCNCCCCNCCCNC(=O)OCC1OC(n2cnc3c(N)ncnc32)CC1O.